The van der Waals surface area contributed by atoms with Crippen molar-refractivity contribution in [1.82, 2.24) is 10.3 Å². The molecule has 3 rings (SSSR count). The Morgan fingerprint density at radius 3 is 2.48 bits per heavy atom. The Morgan fingerprint density at radius 2 is 1.96 bits per heavy atom. The third-order valence-electron chi connectivity index (χ3n) is 6.89. The van der Waals surface area contributed by atoms with Gasteiger partial charge in [0.2, 0.25) is 0 Å². The Balaban J connectivity index is 1.77. The van der Waals surface area contributed by atoms with Crippen LogP contribution in [0, 0.1) is 22.2 Å². The van der Waals surface area contributed by atoms with Crippen LogP contribution in [0.5, 0.6) is 0 Å². The number of nitrogen functional groups attached to an aromatic ring is 1. The number of hydrogen-bond acceptors (Lipinski definition) is 3. The van der Waals surface area contributed by atoms with Crippen molar-refractivity contribution in [2.75, 3.05) is 11.1 Å². The molecule has 2 fully saturated rings. The monoisotopic (exact) mass is 332 g/mol. The molecule has 0 saturated heterocycles. The zero-order valence-corrected chi connectivity index (χ0v) is 15.6. The SMILES string of the molecule is CC1(C)[C@H]2CC[C@@](C)([C@H]1NC(=S)Nc1ccc(N)nc1)C2(C)C. The van der Waals surface area contributed by atoms with E-state index >= 15 is 0 Å². The summed E-state index contributed by atoms with van der Waals surface area (Å²) in [7, 11) is 0. The average Bonchev–Trinajstić information content (AvgIpc) is 2.74. The largest absolute Gasteiger partial charge is 0.384 e. The van der Waals surface area contributed by atoms with Gasteiger partial charge in [-0.2, -0.15) is 0 Å². The fourth-order valence-corrected chi connectivity index (χ4v) is 5.72. The summed E-state index contributed by atoms with van der Waals surface area (Å²) in [5, 5.41) is 7.53. The third-order valence-corrected chi connectivity index (χ3v) is 7.11. The topological polar surface area (TPSA) is 63.0 Å². The van der Waals surface area contributed by atoms with Gasteiger partial charge in [0.15, 0.2) is 5.11 Å². The normalized spacial score (nSPS) is 33.4. The number of nitrogens with zero attached hydrogens (tertiary/aromatic N) is 1. The van der Waals surface area contributed by atoms with Gasteiger partial charge in [-0.05, 0) is 59.4 Å². The first-order valence-corrected chi connectivity index (χ1v) is 8.79. The van der Waals surface area contributed by atoms with Crippen LogP contribution in [0.4, 0.5) is 11.5 Å². The number of fused-ring (bicyclic) bond motifs is 2. The second-order valence-electron chi connectivity index (χ2n) is 8.55. The van der Waals surface area contributed by atoms with Crippen molar-refractivity contribution in [2.24, 2.45) is 22.2 Å². The Hall–Kier alpha value is -1.36. The molecule has 1 aromatic heterocycles. The van der Waals surface area contributed by atoms with Gasteiger partial charge in [-0.3, -0.25) is 0 Å². The van der Waals surface area contributed by atoms with E-state index in [0.717, 1.165) is 11.6 Å². The molecule has 2 saturated carbocycles. The number of aromatic nitrogens is 1. The first-order chi connectivity index (χ1) is 10.6. The smallest absolute Gasteiger partial charge is 0.171 e. The van der Waals surface area contributed by atoms with E-state index in [4.69, 9.17) is 18.0 Å². The fourth-order valence-electron chi connectivity index (χ4n) is 5.49. The Kier molecular flexibility index (Phi) is 3.63. The van der Waals surface area contributed by atoms with Gasteiger partial charge in [0.1, 0.15) is 5.82 Å². The molecule has 1 aromatic rings. The summed E-state index contributed by atoms with van der Waals surface area (Å²) in [6.45, 7) is 12.0. The van der Waals surface area contributed by atoms with Crippen LogP contribution < -0.4 is 16.4 Å². The van der Waals surface area contributed by atoms with Crippen molar-refractivity contribution in [2.45, 2.75) is 53.5 Å². The number of thiocarbonyl (C=S) groups is 1. The van der Waals surface area contributed by atoms with E-state index < -0.39 is 0 Å². The lowest BCUT2D eigenvalue weighted by Crippen LogP contribution is -2.54. The lowest BCUT2D eigenvalue weighted by molar-refractivity contribution is 0.115. The molecule has 126 valence electrons. The van der Waals surface area contributed by atoms with Gasteiger partial charge >= 0.3 is 0 Å². The number of rotatable bonds is 2. The van der Waals surface area contributed by atoms with Crippen LogP contribution in [0.3, 0.4) is 0 Å². The molecule has 2 aliphatic rings. The van der Waals surface area contributed by atoms with E-state index in [0.29, 0.717) is 22.4 Å². The van der Waals surface area contributed by atoms with Crippen molar-refractivity contribution in [3.8, 4) is 0 Å². The van der Waals surface area contributed by atoms with E-state index in [9.17, 15) is 0 Å². The molecule has 1 heterocycles. The van der Waals surface area contributed by atoms with E-state index in [2.05, 4.69) is 50.2 Å². The van der Waals surface area contributed by atoms with Crippen LogP contribution >= 0.6 is 12.2 Å². The molecule has 0 amide bonds. The van der Waals surface area contributed by atoms with E-state index in [1.165, 1.54) is 12.8 Å². The highest BCUT2D eigenvalue weighted by molar-refractivity contribution is 7.80. The average molecular weight is 333 g/mol. The van der Waals surface area contributed by atoms with Gasteiger partial charge < -0.3 is 16.4 Å². The highest BCUT2D eigenvalue weighted by Gasteiger charge is 2.69. The molecule has 2 bridgehead atoms. The van der Waals surface area contributed by atoms with Gasteiger partial charge in [0.25, 0.3) is 0 Å². The maximum atomic E-state index is 5.63. The number of pyridine rings is 1. The van der Waals surface area contributed by atoms with Gasteiger partial charge in [-0.15, -0.1) is 0 Å². The Bertz CT molecular complexity index is 622. The highest BCUT2D eigenvalue weighted by Crippen LogP contribution is 2.71. The molecule has 23 heavy (non-hydrogen) atoms. The molecular weight excluding hydrogens is 304 g/mol. The Morgan fingerprint density at radius 1 is 1.26 bits per heavy atom. The van der Waals surface area contributed by atoms with Crippen molar-refractivity contribution in [3.05, 3.63) is 18.3 Å². The molecule has 4 nitrogen and oxygen atoms in total. The maximum Gasteiger partial charge on any atom is 0.171 e. The van der Waals surface area contributed by atoms with Crippen LogP contribution in [0.1, 0.15) is 47.5 Å². The lowest BCUT2D eigenvalue weighted by atomic mass is 9.67. The summed E-state index contributed by atoms with van der Waals surface area (Å²) < 4.78 is 0. The molecule has 0 spiro atoms. The van der Waals surface area contributed by atoms with E-state index in [-0.39, 0.29) is 10.8 Å². The molecule has 5 heteroatoms. The third kappa shape index (κ3) is 2.32. The van der Waals surface area contributed by atoms with Crippen molar-refractivity contribution < 1.29 is 0 Å². The molecule has 0 unspecified atom stereocenters. The number of nitrogens with one attached hydrogen (secondary N) is 2. The molecule has 3 atom stereocenters. The summed E-state index contributed by atoms with van der Waals surface area (Å²) in [6.07, 6.45) is 4.29. The summed E-state index contributed by atoms with van der Waals surface area (Å²) in [5.74, 6) is 1.23. The number of anilines is 2. The predicted octanol–water partition coefficient (Wildman–Crippen LogP) is 3.80. The van der Waals surface area contributed by atoms with Crippen LogP contribution in [-0.4, -0.2) is 16.1 Å². The fraction of sp³-hybridized carbons (Fsp3) is 0.667. The minimum absolute atomic E-state index is 0.224. The summed E-state index contributed by atoms with van der Waals surface area (Å²) in [4.78, 5) is 4.10. The first-order valence-electron chi connectivity index (χ1n) is 8.38. The van der Waals surface area contributed by atoms with Crippen molar-refractivity contribution >= 4 is 28.8 Å². The Labute approximate surface area is 144 Å². The van der Waals surface area contributed by atoms with Gasteiger partial charge in [-0.1, -0.05) is 34.6 Å². The van der Waals surface area contributed by atoms with Crippen LogP contribution in [0.15, 0.2) is 18.3 Å². The first kappa shape index (κ1) is 16.5. The zero-order chi connectivity index (χ0) is 17.0. The second kappa shape index (κ2) is 5.07. The van der Waals surface area contributed by atoms with Crippen LogP contribution in [0.25, 0.3) is 0 Å². The maximum absolute atomic E-state index is 5.63. The van der Waals surface area contributed by atoms with E-state index in [1.54, 1.807) is 12.3 Å². The van der Waals surface area contributed by atoms with Crippen LogP contribution in [-0.2, 0) is 0 Å². The van der Waals surface area contributed by atoms with Crippen LogP contribution in [0.2, 0.25) is 0 Å². The van der Waals surface area contributed by atoms with Gasteiger partial charge in [0, 0.05) is 6.04 Å². The molecule has 0 radical (unpaired) electrons. The minimum atomic E-state index is 0.224. The summed E-state index contributed by atoms with van der Waals surface area (Å²) in [6, 6.07) is 4.04. The highest BCUT2D eigenvalue weighted by atomic mass is 32.1. The second-order valence-corrected chi connectivity index (χ2v) is 8.96. The number of hydrogen-bond donors (Lipinski definition) is 3. The molecule has 4 N–H and O–H groups in total. The van der Waals surface area contributed by atoms with Crippen molar-refractivity contribution in [3.63, 3.8) is 0 Å². The standard InChI is InChI=1S/C18H28N4S/c1-16(2)12-8-9-18(5,17(12,3)4)14(16)22-15(23)21-11-6-7-13(19)20-10-11/h6-7,10,12,14H,8-9H2,1-5H3,(H2,19,20)(H2,21,22,23)/t12-,14+,18+/m1/s1. The molecule has 2 aliphatic carbocycles. The quantitative estimate of drug-likeness (QED) is 0.719. The van der Waals surface area contributed by atoms with Gasteiger partial charge in [-0.25, -0.2) is 4.98 Å². The molecular formula is C18H28N4S. The minimum Gasteiger partial charge on any atom is -0.384 e. The predicted molar refractivity (Wildman–Crippen MR) is 100 cm³/mol. The summed E-state index contributed by atoms with van der Waals surface area (Å²) in [5.41, 5.74) is 7.30. The lowest BCUT2D eigenvalue weighted by Gasteiger charge is -2.44. The number of nitrogens with two attached hydrogens (primary N) is 1. The van der Waals surface area contributed by atoms with Crippen molar-refractivity contribution in [1.29, 1.82) is 0 Å². The molecule has 0 aliphatic heterocycles. The zero-order valence-electron chi connectivity index (χ0n) is 14.7. The summed E-state index contributed by atoms with van der Waals surface area (Å²) >= 11 is 5.57. The van der Waals surface area contributed by atoms with E-state index in [1.807, 2.05) is 6.07 Å². The molecule has 0 aromatic carbocycles. The van der Waals surface area contributed by atoms with Gasteiger partial charge in [0.05, 0.1) is 11.9 Å².